The van der Waals surface area contributed by atoms with Gasteiger partial charge in [0.1, 0.15) is 5.75 Å². The van der Waals surface area contributed by atoms with Crippen LogP contribution < -0.4 is 15.4 Å². The second-order valence-corrected chi connectivity index (χ2v) is 5.58. The van der Waals surface area contributed by atoms with E-state index in [1.807, 2.05) is 12.1 Å². The lowest BCUT2D eigenvalue weighted by atomic mass is 9.78. The van der Waals surface area contributed by atoms with Crippen molar-refractivity contribution in [3.05, 3.63) is 18.2 Å². The summed E-state index contributed by atoms with van der Waals surface area (Å²) < 4.78 is 5.19. The van der Waals surface area contributed by atoms with E-state index in [9.17, 15) is 0 Å². The zero-order chi connectivity index (χ0) is 13.2. The van der Waals surface area contributed by atoms with Crippen molar-refractivity contribution in [3.8, 4) is 5.75 Å². The van der Waals surface area contributed by atoms with E-state index in [2.05, 4.69) is 24.8 Å². The number of rotatable bonds is 3. The lowest BCUT2D eigenvalue weighted by molar-refractivity contribution is 0.238. The van der Waals surface area contributed by atoms with Gasteiger partial charge in [0.2, 0.25) is 0 Å². The van der Waals surface area contributed by atoms with E-state index in [0.29, 0.717) is 5.41 Å². The van der Waals surface area contributed by atoms with Gasteiger partial charge in [-0.15, -0.1) is 0 Å². The zero-order valence-corrected chi connectivity index (χ0v) is 11.7. The van der Waals surface area contributed by atoms with Gasteiger partial charge in [-0.3, -0.25) is 0 Å². The Kier molecular flexibility index (Phi) is 3.69. The first-order chi connectivity index (χ1) is 8.58. The van der Waals surface area contributed by atoms with Crippen LogP contribution in [0, 0.1) is 5.41 Å². The van der Waals surface area contributed by atoms with Crippen molar-refractivity contribution in [2.45, 2.75) is 33.1 Å². The average molecular weight is 248 g/mol. The van der Waals surface area contributed by atoms with E-state index in [1.54, 1.807) is 7.11 Å². The third kappa shape index (κ3) is 2.55. The maximum atomic E-state index is 6.11. The highest BCUT2D eigenvalue weighted by Crippen LogP contribution is 2.37. The first kappa shape index (κ1) is 13.1. The molecule has 0 aromatic heterocycles. The van der Waals surface area contributed by atoms with Gasteiger partial charge in [0.25, 0.3) is 0 Å². The molecule has 18 heavy (non-hydrogen) atoms. The number of hydrogen-bond donors (Lipinski definition) is 1. The standard InChI is InChI=1S/C15H24N2O/c1-4-15(2)7-9-17(10-8-15)14-6-5-12(18-3)11-13(14)16/h5-6,11H,4,7-10,16H2,1-3H3. The molecule has 1 saturated heterocycles. The van der Waals surface area contributed by atoms with Crippen LogP contribution in [0.25, 0.3) is 0 Å². The number of nitrogens with zero attached hydrogens (tertiary/aromatic N) is 1. The molecular weight excluding hydrogens is 224 g/mol. The van der Waals surface area contributed by atoms with E-state index < -0.39 is 0 Å². The molecule has 1 heterocycles. The molecule has 1 aromatic carbocycles. The highest BCUT2D eigenvalue weighted by atomic mass is 16.5. The molecule has 0 amide bonds. The molecule has 1 aromatic rings. The number of nitrogen functional groups attached to an aromatic ring is 1. The Morgan fingerprint density at radius 2 is 2.00 bits per heavy atom. The van der Waals surface area contributed by atoms with Gasteiger partial charge >= 0.3 is 0 Å². The normalized spacial score (nSPS) is 18.7. The Morgan fingerprint density at radius 1 is 1.33 bits per heavy atom. The van der Waals surface area contributed by atoms with Crippen molar-refractivity contribution in [1.29, 1.82) is 0 Å². The molecule has 0 aliphatic carbocycles. The van der Waals surface area contributed by atoms with Crippen LogP contribution in [0.15, 0.2) is 18.2 Å². The smallest absolute Gasteiger partial charge is 0.121 e. The first-order valence-electron chi connectivity index (χ1n) is 6.76. The summed E-state index contributed by atoms with van der Waals surface area (Å²) >= 11 is 0. The lowest BCUT2D eigenvalue weighted by Crippen LogP contribution is -2.38. The summed E-state index contributed by atoms with van der Waals surface area (Å²) in [5.41, 5.74) is 8.58. The maximum Gasteiger partial charge on any atom is 0.121 e. The summed E-state index contributed by atoms with van der Waals surface area (Å²) in [6.45, 7) is 6.88. The number of methoxy groups -OCH3 is 1. The van der Waals surface area contributed by atoms with Crippen LogP contribution in [0.4, 0.5) is 11.4 Å². The Hall–Kier alpha value is -1.38. The number of anilines is 2. The molecule has 2 N–H and O–H groups in total. The van der Waals surface area contributed by atoms with Crippen LogP contribution in [-0.2, 0) is 0 Å². The molecule has 3 heteroatoms. The minimum absolute atomic E-state index is 0.512. The first-order valence-corrected chi connectivity index (χ1v) is 6.76. The molecular formula is C15H24N2O. The predicted molar refractivity (Wildman–Crippen MR) is 77.3 cm³/mol. The van der Waals surface area contributed by atoms with E-state index in [1.165, 1.54) is 19.3 Å². The van der Waals surface area contributed by atoms with E-state index in [0.717, 1.165) is 30.2 Å². The Labute approximate surface area is 110 Å². The molecule has 1 aliphatic heterocycles. The summed E-state index contributed by atoms with van der Waals surface area (Å²) in [7, 11) is 1.67. The molecule has 1 aliphatic rings. The molecule has 0 bridgehead atoms. The Bertz CT molecular complexity index is 409. The summed E-state index contributed by atoms with van der Waals surface area (Å²) in [5.74, 6) is 0.826. The minimum Gasteiger partial charge on any atom is -0.497 e. The third-order valence-corrected chi connectivity index (χ3v) is 4.40. The molecule has 0 saturated carbocycles. The highest BCUT2D eigenvalue weighted by Gasteiger charge is 2.28. The molecule has 0 radical (unpaired) electrons. The highest BCUT2D eigenvalue weighted by molar-refractivity contribution is 5.69. The van der Waals surface area contributed by atoms with Crippen molar-refractivity contribution in [3.63, 3.8) is 0 Å². The Balaban J connectivity index is 2.10. The summed E-state index contributed by atoms with van der Waals surface area (Å²) in [5, 5.41) is 0. The molecule has 0 atom stereocenters. The van der Waals surface area contributed by atoms with Crippen LogP contribution >= 0.6 is 0 Å². The summed E-state index contributed by atoms with van der Waals surface area (Å²) in [6, 6.07) is 5.96. The molecule has 3 nitrogen and oxygen atoms in total. The van der Waals surface area contributed by atoms with E-state index >= 15 is 0 Å². The van der Waals surface area contributed by atoms with E-state index in [-0.39, 0.29) is 0 Å². The van der Waals surface area contributed by atoms with E-state index in [4.69, 9.17) is 10.5 Å². The van der Waals surface area contributed by atoms with Crippen LogP contribution in [0.3, 0.4) is 0 Å². The van der Waals surface area contributed by atoms with Gasteiger partial charge in [-0.1, -0.05) is 20.3 Å². The van der Waals surface area contributed by atoms with Gasteiger partial charge in [0, 0.05) is 19.2 Å². The molecule has 0 unspecified atom stereocenters. The minimum atomic E-state index is 0.512. The largest absolute Gasteiger partial charge is 0.497 e. The maximum absolute atomic E-state index is 6.11. The van der Waals surface area contributed by atoms with Crippen molar-refractivity contribution in [2.75, 3.05) is 30.8 Å². The summed E-state index contributed by atoms with van der Waals surface area (Å²) in [6.07, 6.45) is 3.75. The lowest BCUT2D eigenvalue weighted by Gasteiger charge is -2.40. The van der Waals surface area contributed by atoms with Gasteiger partial charge in [0.05, 0.1) is 18.5 Å². The van der Waals surface area contributed by atoms with Gasteiger partial charge < -0.3 is 15.4 Å². The number of ether oxygens (including phenoxy) is 1. The monoisotopic (exact) mass is 248 g/mol. The third-order valence-electron chi connectivity index (χ3n) is 4.40. The van der Waals surface area contributed by atoms with Crippen molar-refractivity contribution in [1.82, 2.24) is 0 Å². The topological polar surface area (TPSA) is 38.5 Å². The van der Waals surface area contributed by atoms with Gasteiger partial charge in [-0.05, 0) is 30.4 Å². The van der Waals surface area contributed by atoms with Crippen molar-refractivity contribution in [2.24, 2.45) is 5.41 Å². The van der Waals surface area contributed by atoms with Gasteiger partial charge in [-0.2, -0.15) is 0 Å². The fourth-order valence-corrected chi connectivity index (χ4v) is 2.59. The van der Waals surface area contributed by atoms with Gasteiger partial charge in [-0.25, -0.2) is 0 Å². The van der Waals surface area contributed by atoms with Crippen molar-refractivity contribution < 1.29 is 4.74 Å². The number of hydrogen-bond acceptors (Lipinski definition) is 3. The van der Waals surface area contributed by atoms with Crippen molar-refractivity contribution >= 4 is 11.4 Å². The number of nitrogens with two attached hydrogens (primary N) is 1. The van der Waals surface area contributed by atoms with Crippen LogP contribution in [0.5, 0.6) is 5.75 Å². The van der Waals surface area contributed by atoms with Crippen LogP contribution in [0.1, 0.15) is 33.1 Å². The molecule has 0 spiro atoms. The molecule has 2 rings (SSSR count). The second-order valence-electron chi connectivity index (χ2n) is 5.58. The molecule has 100 valence electrons. The fourth-order valence-electron chi connectivity index (χ4n) is 2.59. The summed E-state index contributed by atoms with van der Waals surface area (Å²) in [4.78, 5) is 2.40. The second kappa shape index (κ2) is 5.09. The number of piperidine rings is 1. The average Bonchev–Trinajstić information content (AvgIpc) is 2.40. The predicted octanol–water partition coefficient (Wildman–Crippen LogP) is 3.29. The van der Waals surface area contributed by atoms with Gasteiger partial charge in [0.15, 0.2) is 0 Å². The zero-order valence-electron chi connectivity index (χ0n) is 11.7. The Morgan fingerprint density at radius 3 is 2.50 bits per heavy atom. The number of benzene rings is 1. The van der Waals surface area contributed by atoms with Crippen LogP contribution in [-0.4, -0.2) is 20.2 Å². The van der Waals surface area contributed by atoms with Crippen LogP contribution in [0.2, 0.25) is 0 Å². The SMILES string of the molecule is CCC1(C)CCN(c2ccc(OC)cc2N)CC1. The molecule has 1 fully saturated rings. The fraction of sp³-hybridized carbons (Fsp3) is 0.600. The quantitative estimate of drug-likeness (QED) is 0.834.